The van der Waals surface area contributed by atoms with E-state index in [9.17, 15) is 14.7 Å². The average Bonchev–Trinajstić information content (AvgIpc) is 3.68. The van der Waals surface area contributed by atoms with Crippen LogP contribution in [0.4, 0.5) is 0 Å². The van der Waals surface area contributed by atoms with Crippen LogP contribution in [-0.2, 0) is 18.4 Å². The molecule has 1 atom stereocenters. The van der Waals surface area contributed by atoms with Crippen LogP contribution < -0.4 is 5.69 Å². The number of aromatic amines is 1. The highest BCUT2D eigenvalue weighted by molar-refractivity contribution is 5.91. The zero-order valence-corrected chi connectivity index (χ0v) is 22.3. The molecule has 1 aromatic carbocycles. The maximum absolute atomic E-state index is 14.1. The molecule has 1 aliphatic rings. The molecule has 0 spiro atoms. The number of unbranched alkanes of at least 4 members (excludes halogenated alkanes) is 1. The number of hydrogen-bond donors (Lipinski definition) is 2. The van der Waals surface area contributed by atoms with Crippen molar-refractivity contribution in [3.8, 4) is 17.2 Å². The van der Waals surface area contributed by atoms with E-state index in [2.05, 4.69) is 32.5 Å². The second-order valence-electron chi connectivity index (χ2n) is 10.2. The van der Waals surface area contributed by atoms with Crippen molar-refractivity contribution in [1.29, 1.82) is 0 Å². The Kier molecular flexibility index (Phi) is 7.14. The SMILES string of the molecule is CCCCc1cn(-c2c(C(=O)O)ccn2C(C)C)c(=O)n1CC1(c2cccc(-c3nnn[nH]3)c2)C=CN=CC1. The average molecular weight is 529 g/mol. The molecule has 0 bridgehead atoms. The third-order valence-corrected chi connectivity index (χ3v) is 7.29. The van der Waals surface area contributed by atoms with E-state index in [0.29, 0.717) is 31.0 Å². The summed E-state index contributed by atoms with van der Waals surface area (Å²) < 4.78 is 5.13. The minimum Gasteiger partial charge on any atom is -0.478 e. The van der Waals surface area contributed by atoms with Gasteiger partial charge in [-0.15, -0.1) is 5.10 Å². The zero-order valence-electron chi connectivity index (χ0n) is 22.3. The highest BCUT2D eigenvalue weighted by atomic mass is 16.4. The number of nitrogens with one attached hydrogen (secondary N) is 1. The monoisotopic (exact) mass is 528 g/mol. The molecule has 11 heteroatoms. The van der Waals surface area contributed by atoms with Gasteiger partial charge in [0.1, 0.15) is 11.4 Å². The van der Waals surface area contributed by atoms with Crippen molar-refractivity contribution in [1.82, 2.24) is 34.3 Å². The molecule has 1 aliphatic heterocycles. The quantitative estimate of drug-likeness (QED) is 0.317. The highest BCUT2D eigenvalue weighted by Gasteiger charge is 2.33. The molecule has 0 amide bonds. The lowest BCUT2D eigenvalue weighted by molar-refractivity contribution is 0.0696. The molecule has 3 aromatic heterocycles. The topological polar surface area (TPSA) is 136 Å². The number of benzene rings is 1. The largest absolute Gasteiger partial charge is 0.478 e. The van der Waals surface area contributed by atoms with Crippen LogP contribution in [0.15, 0.2) is 64.8 Å². The highest BCUT2D eigenvalue weighted by Crippen LogP contribution is 2.35. The number of carboxylic acid groups (broad SMARTS) is 1. The number of rotatable bonds is 10. The van der Waals surface area contributed by atoms with Crippen LogP contribution in [0.5, 0.6) is 0 Å². The van der Waals surface area contributed by atoms with Gasteiger partial charge >= 0.3 is 11.7 Å². The van der Waals surface area contributed by atoms with Crippen LogP contribution >= 0.6 is 0 Å². The molecule has 11 nitrogen and oxygen atoms in total. The Labute approximate surface area is 225 Å². The lowest BCUT2D eigenvalue weighted by Crippen LogP contribution is -2.37. The maximum Gasteiger partial charge on any atom is 0.339 e. The number of carbonyl (C=O) groups is 1. The van der Waals surface area contributed by atoms with Gasteiger partial charge in [-0.2, -0.15) is 0 Å². The predicted octanol–water partition coefficient (Wildman–Crippen LogP) is 4.17. The van der Waals surface area contributed by atoms with Gasteiger partial charge < -0.3 is 9.67 Å². The minimum atomic E-state index is -1.07. The van der Waals surface area contributed by atoms with E-state index < -0.39 is 11.4 Å². The molecule has 0 radical (unpaired) electrons. The van der Waals surface area contributed by atoms with Crippen LogP contribution in [0.2, 0.25) is 0 Å². The van der Waals surface area contributed by atoms with Gasteiger partial charge in [0.2, 0.25) is 0 Å². The van der Waals surface area contributed by atoms with Gasteiger partial charge in [-0.3, -0.25) is 14.1 Å². The fourth-order valence-corrected chi connectivity index (χ4v) is 5.17. The van der Waals surface area contributed by atoms with Crippen molar-refractivity contribution in [3.05, 3.63) is 82.3 Å². The van der Waals surface area contributed by atoms with Crippen LogP contribution in [-0.4, -0.2) is 51.6 Å². The van der Waals surface area contributed by atoms with Gasteiger partial charge in [0.25, 0.3) is 0 Å². The number of H-pyrrole nitrogens is 1. The molecule has 4 heterocycles. The molecule has 0 saturated carbocycles. The number of aliphatic imine (C=N–C) groups is 1. The van der Waals surface area contributed by atoms with Gasteiger partial charge in [-0.1, -0.05) is 37.6 Å². The van der Waals surface area contributed by atoms with Gasteiger partial charge in [0, 0.05) is 54.1 Å². The Balaban J connectivity index is 1.66. The summed E-state index contributed by atoms with van der Waals surface area (Å²) in [6.45, 7) is 6.40. The molecule has 1 unspecified atom stereocenters. The van der Waals surface area contributed by atoms with E-state index in [4.69, 9.17) is 0 Å². The van der Waals surface area contributed by atoms with Gasteiger partial charge in [0.15, 0.2) is 5.82 Å². The van der Waals surface area contributed by atoms with Crippen LogP contribution in [0, 0.1) is 0 Å². The number of tetrazole rings is 1. The van der Waals surface area contributed by atoms with Crippen LogP contribution in [0.3, 0.4) is 0 Å². The summed E-state index contributed by atoms with van der Waals surface area (Å²) in [7, 11) is 0. The summed E-state index contributed by atoms with van der Waals surface area (Å²) in [5, 5.41) is 24.2. The molecular weight excluding hydrogens is 496 g/mol. The number of nitrogens with zero attached hydrogens (tertiary/aromatic N) is 7. The van der Waals surface area contributed by atoms with Gasteiger partial charge in [-0.05, 0) is 61.2 Å². The first-order valence-electron chi connectivity index (χ1n) is 13.1. The Morgan fingerprint density at radius 1 is 1.26 bits per heavy atom. The first-order valence-corrected chi connectivity index (χ1v) is 13.1. The van der Waals surface area contributed by atoms with Crippen LogP contribution in [0.1, 0.15) is 67.7 Å². The first kappa shape index (κ1) is 26.1. The number of hydrogen-bond acceptors (Lipinski definition) is 6. The number of aryl methyl sites for hydroxylation is 1. The molecule has 0 saturated heterocycles. The molecule has 39 heavy (non-hydrogen) atoms. The van der Waals surface area contributed by atoms with E-state index in [1.807, 2.05) is 61.2 Å². The number of carboxylic acids is 1. The third-order valence-electron chi connectivity index (χ3n) is 7.29. The molecular formula is C28H32N8O3. The second-order valence-corrected chi connectivity index (χ2v) is 10.2. The second kappa shape index (κ2) is 10.7. The Morgan fingerprint density at radius 2 is 2.10 bits per heavy atom. The van der Waals surface area contributed by atoms with Crippen molar-refractivity contribution < 1.29 is 9.90 Å². The summed E-state index contributed by atoms with van der Waals surface area (Å²) in [4.78, 5) is 30.6. The molecule has 202 valence electrons. The maximum atomic E-state index is 14.1. The Bertz CT molecular complexity index is 1590. The number of aromatic carboxylic acids is 1. The van der Waals surface area contributed by atoms with Crippen molar-refractivity contribution in [3.63, 3.8) is 0 Å². The van der Waals surface area contributed by atoms with E-state index in [0.717, 1.165) is 29.7 Å². The summed E-state index contributed by atoms with van der Waals surface area (Å²) in [5.74, 6) is -0.141. The molecule has 0 aliphatic carbocycles. The lowest BCUT2D eigenvalue weighted by atomic mass is 9.76. The number of allylic oxidation sites excluding steroid dienone is 1. The van der Waals surface area contributed by atoms with Crippen molar-refractivity contribution >= 4 is 12.2 Å². The molecule has 5 rings (SSSR count). The fraction of sp³-hybridized carbons (Fsp3) is 0.357. The third kappa shape index (κ3) is 4.87. The standard InChI is InChI=1S/C28H32N8O3/c1-4-5-9-22-17-35(25-23(26(37)38)10-15-34(25)19(2)3)27(39)36(22)18-28(11-13-29-14-12-28)21-8-6-7-20(16-21)24-30-32-33-31-24/h6-8,10-11,13-17,19H,4-5,9,12,18H2,1-3H3,(H,37,38)(H,30,31,32,33). The fourth-order valence-electron chi connectivity index (χ4n) is 5.17. The first-order chi connectivity index (χ1) is 18.8. The van der Waals surface area contributed by atoms with Crippen molar-refractivity contribution in [2.24, 2.45) is 4.99 Å². The smallest absolute Gasteiger partial charge is 0.339 e. The van der Waals surface area contributed by atoms with Crippen molar-refractivity contribution in [2.45, 2.75) is 64.5 Å². The summed E-state index contributed by atoms with van der Waals surface area (Å²) in [6.07, 6.45) is 12.4. The molecule has 0 fully saturated rings. The summed E-state index contributed by atoms with van der Waals surface area (Å²) >= 11 is 0. The summed E-state index contributed by atoms with van der Waals surface area (Å²) in [6, 6.07) is 9.49. The predicted molar refractivity (Wildman–Crippen MR) is 148 cm³/mol. The molecule has 2 N–H and O–H groups in total. The van der Waals surface area contributed by atoms with E-state index in [1.54, 1.807) is 23.0 Å². The lowest BCUT2D eigenvalue weighted by Gasteiger charge is -2.32. The number of aromatic nitrogens is 7. The molecule has 4 aromatic rings. The Morgan fingerprint density at radius 3 is 2.77 bits per heavy atom. The van der Waals surface area contributed by atoms with Gasteiger partial charge in [-0.25, -0.2) is 14.7 Å². The number of imidazole rings is 1. The minimum absolute atomic E-state index is 0.0282. The van der Waals surface area contributed by atoms with Crippen molar-refractivity contribution in [2.75, 3.05) is 0 Å². The Hall–Kier alpha value is -4.54. The van der Waals surface area contributed by atoms with E-state index >= 15 is 0 Å². The normalized spacial score (nSPS) is 16.8. The van der Waals surface area contributed by atoms with Gasteiger partial charge in [0.05, 0.1) is 0 Å². The van der Waals surface area contributed by atoms with E-state index in [-0.39, 0.29) is 17.3 Å². The summed E-state index contributed by atoms with van der Waals surface area (Å²) in [5.41, 5.74) is 1.97. The van der Waals surface area contributed by atoms with Crippen LogP contribution in [0.25, 0.3) is 17.2 Å². The van der Waals surface area contributed by atoms with E-state index in [1.165, 1.54) is 4.57 Å². The zero-order chi connectivity index (χ0) is 27.6.